The van der Waals surface area contributed by atoms with E-state index in [2.05, 4.69) is 15.3 Å². The van der Waals surface area contributed by atoms with Gasteiger partial charge in [-0.15, -0.1) is 0 Å². The zero-order chi connectivity index (χ0) is 19.1. The maximum absolute atomic E-state index is 12.3. The summed E-state index contributed by atoms with van der Waals surface area (Å²) >= 11 is 0. The number of carbonyl (C=O) groups excluding carboxylic acids is 1. The summed E-state index contributed by atoms with van der Waals surface area (Å²) in [7, 11) is 1.79. The molecule has 1 saturated heterocycles. The predicted molar refractivity (Wildman–Crippen MR) is 104 cm³/mol. The van der Waals surface area contributed by atoms with Crippen LogP contribution in [0.3, 0.4) is 0 Å². The Morgan fingerprint density at radius 2 is 2.11 bits per heavy atom. The number of hydrogen-bond acceptors (Lipinski definition) is 5. The molecule has 1 saturated carbocycles. The third-order valence-corrected chi connectivity index (χ3v) is 6.22. The molecule has 1 aromatic carbocycles. The number of carbonyl (C=O) groups is 1. The summed E-state index contributed by atoms with van der Waals surface area (Å²) in [6.07, 6.45) is 9.10. The summed E-state index contributed by atoms with van der Waals surface area (Å²) in [5.74, 6) is 0.196. The molecule has 1 N–H and O–H groups in total. The SMILES string of the molecule is Cn1cc(C(=O)Nc2ccc3c(c2)COC2(CCN(C4CCC4)CC2)O3)cn1. The molecule has 7 nitrogen and oxygen atoms in total. The first-order chi connectivity index (χ1) is 13.6. The van der Waals surface area contributed by atoms with E-state index >= 15 is 0 Å². The quantitative estimate of drug-likeness (QED) is 0.884. The highest BCUT2D eigenvalue weighted by Crippen LogP contribution is 2.40. The van der Waals surface area contributed by atoms with Gasteiger partial charge >= 0.3 is 0 Å². The van der Waals surface area contributed by atoms with Crippen molar-refractivity contribution in [3.05, 3.63) is 41.7 Å². The smallest absolute Gasteiger partial charge is 0.258 e. The minimum atomic E-state index is -0.492. The van der Waals surface area contributed by atoms with E-state index in [0.29, 0.717) is 12.2 Å². The van der Waals surface area contributed by atoms with Crippen LogP contribution in [0.25, 0.3) is 0 Å². The Kier molecular flexibility index (Phi) is 4.36. The Morgan fingerprint density at radius 3 is 2.79 bits per heavy atom. The number of nitrogens with one attached hydrogen (secondary N) is 1. The summed E-state index contributed by atoms with van der Waals surface area (Å²) in [5.41, 5.74) is 2.23. The van der Waals surface area contributed by atoms with E-state index in [0.717, 1.165) is 49.0 Å². The van der Waals surface area contributed by atoms with Crippen molar-refractivity contribution in [3.8, 4) is 5.75 Å². The molecule has 0 bridgehead atoms. The molecule has 2 aromatic rings. The van der Waals surface area contributed by atoms with E-state index in [9.17, 15) is 4.79 Å². The van der Waals surface area contributed by atoms with Gasteiger partial charge in [0.2, 0.25) is 5.79 Å². The average Bonchev–Trinajstić information content (AvgIpc) is 3.09. The van der Waals surface area contributed by atoms with Gasteiger partial charge in [0.05, 0.1) is 18.4 Å². The Morgan fingerprint density at radius 1 is 1.29 bits per heavy atom. The number of anilines is 1. The van der Waals surface area contributed by atoms with Gasteiger partial charge in [0.1, 0.15) is 5.75 Å². The summed E-state index contributed by atoms with van der Waals surface area (Å²) in [6.45, 7) is 2.59. The number of amides is 1. The van der Waals surface area contributed by atoms with E-state index in [-0.39, 0.29) is 5.91 Å². The molecular weight excluding hydrogens is 356 g/mol. The monoisotopic (exact) mass is 382 g/mol. The van der Waals surface area contributed by atoms with E-state index in [1.807, 2.05) is 18.2 Å². The van der Waals surface area contributed by atoms with Crippen LogP contribution >= 0.6 is 0 Å². The Balaban J connectivity index is 1.24. The minimum absolute atomic E-state index is 0.175. The van der Waals surface area contributed by atoms with Crippen LogP contribution < -0.4 is 10.1 Å². The molecule has 2 fully saturated rings. The second-order valence-electron chi connectivity index (χ2n) is 8.10. The second kappa shape index (κ2) is 6.90. The molecule has 148 valence electrons. The first-order valence-electron chi connectivity index (χ1n) is 10.1. The fraction of sp³-hybridized carbons (Fsp3) is 0.524. The highest BCUT2D eigenvalue weighted by atomic mass is 16.7. The number of nitrogens with zero attached hydrogens (tertiary/aromatic N) is 3. The van der Waals surface area contributed by atoms with Gasteiger partial charge in [-0.2, -0.15) is 5.10 Å². The van der Waals surface area contributed by atoms with Crippen molar-refractivity contribution in [1.82, 2.24) is 14.7 Å². The number of likely N-dealkylation sites (tertiary alicyclic amines) is 1. The van der Waals surface area contributed by atoms with Crippen LogP contribution in [-0.2, 0) is 18.4 Å². The summed E-state index contributed by atoms with van der Waals surface area (Å²) < 4.78 is 14.1. The van der Waals surface area contributed by atoms with Crippen LogP contribution in [0.5, 0.6) is 5.75 Å². The van der Waals surface area contributed by atoms with Crippen LogP contribution in [0.2, 0.25) is 0 Å². The van der Waals surface area contributed by atoms with Crippen LogP contribution in [0, 0.1) is 0 Å². The molecule has 5 rings (SSSR count). The number of hydrogen-bond donors (Lipinski definition) is 1. The molecular formula is C21H26N4O3. The summed E-state index contributed by atoms with van der Waals surface area (Å²) in [5, 5.41) is 6.95. The van der Waals surface area contributed by atoms with Crippen LogP contribution in [0.4, 0.5) is 5.69 Å². The van der Waals surface area contributed by atoms with E-state index in [1.54, 1.807) is 24.1 Å². The second-order valence-corrected chi connectivity index (χ2v) is 8.10. The predicted octanol–water partition coefficient (Wildman–Crippen LogP) is 2.93. The maximum Gasteiger partial charge on any atom is 0.258 e. The number of piperidine rings is 1. The summed E-state index contributed by atoms with van der Waals surface area (Å²) in [4.78, 5) is 14.9. The third-order valence-electron chi connectivity index (χ3n) is 6.22. The fourth-order valence-electron chi connectivity index (χ4n) is 4.28. The van der Waals surface area contributed by atoms with Crippen molar-refractivity contribution in [3.63, 3.8) is 0 Å². The number of ether oxygens (including phenoxy) is 2. The van der Waals surface area contributed by atoms with Gasteiger partial charge in [0.25, 0.3) is 5.91 Å². The van der Waals surface area contributed by atoms with Gasteiger partial charge in [-0.1, -0.05) is 6.42 Å². The van der Waals surface area contributed by atoms with Crippen molar-refractivity contribution >= 4 is 11.6 Å². The molecule has 2 aliphatic heterocycles. The van der Waals surface area contributed by atoms with E-state index in [1.165, 1.54) is 19.3 Å². The lowest BCUT2D eigenvalue weighted by molar-refractivity contribution is -0.231. The largest absolute Gasteiger partial charge is 0.462 e. The molecule has 0 atom stereocenters. The third kappa shape index (κ3) is 3.29. The first-order valence-corrected chi connectivity index (χ1v) is 10.1. The minimum Gasteiger partial charge on any atom is -0.462 e. The Hall–Kier alpha value is -2.38. The fourth-order valence-corrected chi connectivity index (χ4v) is 4.28. The molecule has 7 heteroatoms. The maximum atomic E-state index is 12.3. The van der Waals surface area contributed by atoms with Crippen LogP contribution in [-0.4, -0.2) is 45.5 Å². The van der Waals surface area contributed by atoms with Crippen molar-refractivity contribution in [1.29, 1.82) is 0 Å². The number of fused-ring (bicyclic) bond motifs is 1. The van der Waals surface area contributed by atoms with Crippen LogP contribution in [0.15, 0.2) is 30.6 Å². The zero-order valence-electron chi connectivity index (χ0n) is 16.2. The molecule has 0 unspecified atom stereocenters. The standard InChI is InChI=1S/C21H26N4O3/c1-24-13-16(12-22-24)20(26)23-17-5-6-19-15(11-17)14-27-21(28-19)7-9-25(10-8-21)18-3-2-4-18/h5-6,11-13,18H,2-4,7-10,14H2,1H3,(H,23,26). The van der Waals surface area contributed by atoms with E-state index < -0.39 is 5.79 Å². The number of aryl methyl sites for hydroxylation is 1. The first kappa shape index (κ1) is 17.7. The molecule has 0 radical (unpaired) electrons. The summed E-state index contributed by atoms with van der Waals surface area (Å²) in [6, 6.07) is 6.53. The lowest BCUT2D eigenvalue weighted by Gasteiger charge is -2.47. The van der Waals surface area contributed by atoms with Crippen molar-refractivity contribution in [2.75, 3.05) is 18.4 Å². The van der Waals surface area contributed by atoms with Crippen LogP contribution in [0.1, 0.15) is 48.0 Å². The zero-order valence-corrected chi connectivity index (χ0v) is 16.2. The van der Waals surface area contributed by atoms with E-state index in [4.69, 9.17) is 9.47 Å². The van der Waals surface area contributed by atoms with Crippen molar-refractivity contribution in [2.45, 2.75) is 50.5 Å². The van der Waals surface area contributed by atoms with Crippen molar-refractivity contribution < 1.29 is 14.3 Å². The highest BCUT2D eigenvalue weighted by Gasteiger charge is 2.42. The molecule has 28 heavy (non-hydrogen) atoms. The average molecular weight is 382 g/mol. The van der Waals surface area contributed by atoms with Crippen molar-refractivity contribution in [2.24, 2.45) is 7.05 Å². The molecule has 1 spiro atoms. The van der Waals surface area contributed by atoms with Gasteiger partial charge in [-0.3, -0.25) is 14.4 Å². The molecule has 3 heterocycles. The molecule has 3 aliphatic rings. The molecule has 1 aliphatic carbocycles. The van der Waals surface area contributed by atoms with Gasteiger partial charge < -0.3 is 14.8 Å². The lowest BCUT2D eigenvalue weighted by Crippen LogP contribution is -2.54. The number of benzene rings is 1. The Labute approximate surface area is 164 Å². The molecule has 1 aromatic heterocycles. The number of rotatable bonds is 3. The van der Waals surface area contributed by atoms with Gasteiger partial charge in [0, 0.05) is 56.5 Å². The molecule has 1 amide bonds. The lowest BCUT2D eigenvalue weighted by atomic mass is 9.89. The number of aromatic nitrogens is 2. The van der Waals surface area contributed by atoms with Gasteiger partial charge in [-0.05, 0) is 31.0 Å². The van der Waals surface area contributed by atoms with Gasteiger partial charge in [0.15, 0.2) is 0 Å². The van der Waals surface area contributed by atoms with Gasteiger partial charge in [-0.25, -0.2) is 0 Å². The Bertz CT molecular complexity index is 882. The topological polar surface area (TPSA) is 68.6 Å². The highest BCUT2D eigenvalue weighted by molar-refractivity contribution is 6.04. The normalized spacial score (nSPS) is 21.6.